The summed E-state index contributed by atoms with van der Waals surface area (Å²) in [6.07, 6.45) is 1.05. The molecule has 0 saturated heterocycles. The van der Waals surface area contributed by atoms with Gasteiger partial charge in [-0.25, -0.2) is 13.1 Å². The van der Waals surface area contributed by atoms with Gasteiger partial charge in [-0.2, -0.15) is 0 Å². The molecule has 0 saturated carbocycles. The highest BCUT2D eigenvalue weighted by Crippen LogP contribution is 2.31. The summed E-state index contributed by atoms with van der Waals surface area (Å²) in [4.78, 5) is -0.177. The highest BCUT2D eigenvalue weighted by Gasteiger charge is 2.21. The molecule has 0 aromatic heterocycles. The van der Waals surface area contributed by atoms with E-state index >= 15 is 0 Å². The number of hydrogen-bond donors (Lipinski definition) is 3. The molecule has 1 aromatic carbocycles. The Morgan fingerprint density at radius 2 is 1.78 bits per heavy atom. The van der Waals surface area contributed by atoms with E-state index in [0.717, 1.165) is 0 Å². The maximum absolute atomic E-state index is 12.0. The predicted molar refractivity (Wildman–Crippen MR) is 72.4 cm³/mol. The van der Waals surface area contributed by atoms with E-state index in [9.17, 15) is 8.42 Å². The quantitative estimate of drug-likeness (QED) is 0.550. The molecule has 0 unspecified atom stereocenters. The molecule has 1 rings (SSSR count). The van der Waals surface area contributed by atoms with E-state index in [1.54, 1.807) is 0 Å². The van der Waals surface area contributed by atoms with Crippen molar-refractivity contribution >= 4 is 38.9 Å². The molecule has 8 heteroatoms. The summed E-state index contributed by atoms with van der Waals surface area (Å²) in [5.41, 5.74) is 5.79. The number of nitrogens with two attached hydrogens (primary N) is 1. The van der Waals surface area contributed by atoms with Crippen LogP contribution in [-0.4, -0.2) is 26.7 Å². The van der Waals surface area contributed by atoms with Crippen LogP contribution in [0.1, 0.15) is 12.8 Å². The number of aliphatic hydroxyl groups excluding tert-OH is 1. The van der Waals surface area contributed by atoms with Crippen LogP contribution in [0.3, 0.4) is 0 Å². The van der Waals surface area contributed by atoms with E-state index in [4.69, 9.17) is 34.0 Å². The molecule has 1 aromatic rings. The topological polar surface area (TPSA) is 92.4 Å². The van der Waals surface area contributed by atoms with Gasteiger partial charge in [0.1, 0.15) is 4.90 Å². The first-order valence-corrected chi connectivity index (χ1v) is 7.47. The van der Waals surface area contributed by atoms with Crippen molar-refractivity contribution in [2.45, 2.75) is 17.7 Å². The maximum atomic E-state index is 12.0. The van der Waals surface area contributed by atoms with E-state index in [0.29, 0.717) is 18.5 Å². The Morgan fingerprint density at radius 3 is 2.28 bits per heavy atom. The average Bonchev–Trinajstić information content (AvgIpc) is 2.22. The average molecular weight is 313 g/mol. The molecule has 0 radical (unpaired) electrons. The van der Waals surface area contributed by atoms with Crippen LogP contribution in [0.15, 0.2) is 17.0 Å². The third-order valence-electron chi connectivity index (χ3n) is 2.17. The Morgan fingerprint density at radius 1 is 1.22 bits per heavy atom. The van der Waals surface area contributed by atoms with Crippen molar-refractivity contribution in [3.05, 3.63) is 22.2 Å². The SMILES string of the molecule is Nc1cc(Cl)c(S(=O)(=O)NCCCCO)c(Cl)c1. The first-order valence-electron chi connectivity index (χ1n) is 5.23. The Hall–Kier alpha value is -0.530. The molecule has 0 heterocycles. The summed E-state index contributed by atoms with van der Waals surface area (Å²) in [6.45, 7) is 0.227. The van der Waals surface area contributed by atoms with Gasteiger partial charge in [-0.3, -0.25) is 0 Å². The van der Waals surface area contributed by atoms with Gasteiger partial charge in [-0.15, -0.1) is 0 Å². The molecule has 0 atom stereocenters. The van der Waals surface area contributed by atoms with Crippen molar-refractivity contribution in [3.8, 4) is 0 Å². The van der Waals surface area contributed by atoms with Gasteiger partial charge in [0, 0.05) is 18.8 Å². The Balaban J connectivity index is 2.92. The number of rotatable bonds is 6. The number of halogens is 2. The molecule has 0 fully saturated rings. The smallest absolute Gasteiger partial charge is 0.243 e. The lowest BCUT2D eigenvalue weighted by Gasteiger charge is -2.10. The van der Waals surface area contributed by atoms with Crippen LogP contribution in [-0.2, 0) is 10.0 Å². The van der Waals surface area contributed by atoms with E-state index in [-0.39, 0.29) is 28.1 Å². The second kappa shape index (κ2) is 6.58. The molecular formula is C10H14Cl2N2O3S. The lowest BCUT2D eigenvalue weighted by molar-refractivity contribution is 0.285. The van der Waals surface area contributed by atoms with Gasteiger partial charge in [-0.05, 0) is 25.0 Å². The van der Waals surface area contributed by atoms with Gasteiger partial charge in [0.25, 0.3) is 0 Å². The number of benzene rings is 1. The molecule has 0 aliphatic rings. The van der Waals surface area contributed by atoms with Crippen LogP contribution in [0.5, 0.6) is 0 Å². The zero-order valence-corrected chi connectivity index (χ0v) is 11.8. The van der Waals surface area contributed by atoms with Crippen molar-refractivity contribution in [1.82, 2.24) is 4.72 Å². The highest BCUT2D eigenvalue weighted by molar-refractivity contribution is 7.89. The minimum absolute atomic E-state index is 0.0188. The lowest BCUT2D eigenvalue weighted by Crippen LogP contribution is -2.25. The summed E-state index contributed by atoms with van der Waals surface area (Å²) in [7, 11) is -3.77. The molecule has 18 heavy (non-hydrogen) atoms. The minimum atomic E-state index is -3.77. The van der Waals surface area contributed by atoms with Gasteiger partial charge in [-0.1, -0.05) is 23.2 Å². The standard InChI is InChI=1S/C10H14Cl2N2O3S/c11-8-5-7(13)6-9(12)10(8)18(16,17)14-3-1-2-4-15/h5-6,14-15H,1-4,13H2. The van der Waals surface area contributed by atoms with E-state index in [1.165, 1.54) is 12.1 Å². The number of hydrogen-bond acceptors (Lipinski definition) is 4. The second-order valence-electron chi connectivity index (χ2n) is 3.64. The van der Waals surface area contributed by atoms with Crippen molar-refractivity contribution in [1.29, 1.82) is 0 Å². The molecule has 5 nitrogen and oxygen atoms in total. The Bertz CT molecular complexity index is 497. The van der Waals surface area contributed by atoms with Gasteiger partial charge >= 0.3 is 0 Å². The summed E-state index contributed by atoms with van der Waals surface area (Å²) in [5.74, 6) is 0. The highest BCUT2D eigenvalue weighted by atomic mass is 35.5. The largest absolute Gasteiger partial charge is 0.399 e. The fourth-order valence-electron chi connectivity index (χ4n) is 1.35. The normalized spacial score (nSPS) is 11.7. The zero-order valence-electron chi connectivity index (χ0n) is 9.49. The minimum Gasteiger partial charge on any atom is -0.399 e. The fourth-order valence-corrected chi connectivity index (χ4v) is 3.65. The monoisotopic (exact) mass is 312 g/mol. The van der Waals surface area contributed by atoms with Crippen LogP contribution in [0.4, 0.5) is 5.69 Å². The zero-order chi connectivity index (χ0) is 13.8. The molecule has 0 aliphatic carbocycles. The van der Waals surface area contributed by atoms with E-state index < -0.39 is 10.0 Å². The lowest BCUT2D eigenvalue weighted by atomic mass is 10.3. The van der Waals surface area contributed by atoms with Crippen LogP contribution in [0.25, 0.3) is 0 Å². The molecular weight excluding hydrogens is 299 g/mol. The van der Waals surface area contributed by atoms with Gasteiger partial charge in [0.2, 0.25) is 10.0 Å². The van der Waals surface area contributed by atoms with Crippen molar-refractivity contribution < 1.29 is 13.5 Å². The third kappa shape index (κ3) is 4.00. The van der Waals surface area contributed by atoms with Crippen LogP contribution < -0.4 is 10.5 Å². The number of unbranched alkanes of at least 4 members (excludes halogenated alkanes) is 1. The molecule has 0 aliphatic heterocycles. The number of sulfonamides is 1. The summed E-state index contributed by atoms with van der Waals surface area (Å²) >= 11 is 11.7. The molecule has 102 valence electrons. The number of nitrogen functional groups attached to an aromatic ring is 1. The maximum Gasteiger partial charge on any atom is 0.243 e. The van der Waals surface area contributed by atoms with Crippen molar-refractivity contribution in [2.75, 3.05) is 18.9 Å². The molecule has 0 spiro atoms. The number of aliphatic hydroxyl groups is 1. The van der Waals surface area contributed by atoms with Gasteiger partial charge < -0.3 is 10.8 Å². The summed E-state index contributed by atoms with van der Waals surface area (Å²) < 4.78 is 26.3. The summed E-state index contributed by atoms with van der Waals surface area (Å²) in [6, 6.07) is 2.66. The number of anilines is 1. The number of nitrogens with one attached hydrogen (secondary N) is 1. The van der Waals surface area contributed by atoms with E-state index in [2.05, 4.69) is 4.72 Å². The second-order valence-corrected chi connectivity index (χ2v) is 6.16. The fraction of sp³-hybridized carbons (Fsp3) is 0.400. The molecule has 0 amide bonds. The van der Waals surface area contributed by atoms with Gasteiger partial charge in [0.05, 0.1) is 10.0 Å². The van der Waals surface area contributed by atoms with Crippen molar-refractivity contribution in [2.24, 2.45) is 0 Å². The predicted octanol–water partition coefficient (Wildman–Crippen LogP) is 1.63. The van der Waals surface area contributed by atoms with Gasteiger partial charge in [0.15, 0.2) is 0 Å². The molecule has 4 N–H and O–H groups in total. The first-order chi connectivity index (χ1) is 8.38. The summed E-state index contributed by atoms with van der Waals surface area (Å²) in [5, 5.41) is 8.56. The van der Waals surface area contributed by atoms with Crippen molar-refractivity contribution in [3.63, 3.8) is 0 Å². The third-order valence-corrected chi connectivity index (χ3v) is 4.55. The van der Waals surface area contributed by atoms with Crippen LogP contribution in [0.2, 0.25) is 10.0 Å². The molecule has 0 bridgehead atoms. The first kappa shape index (κ1) is 15.5. The van der Waals surface area contributed by atoms with E-state index in [1.807, 2.05) is 0 Å². The Labute approximate surface area is 116 Å². The van der Waals surface area contributed by atoms with Crippen LogP contribution >= 0.6 is 23.2 Å². The van der Waals surface area contributed by atoms with Crippen LogP contribution in [0, 0.1) is 0 Å². The Kier molecular flexibility index (Phi) is 5.68.